The molecule has 0 nitrogen and oxygen atoms in total. The lowest BCUT2D eigenvalue weighted by Gasteiger charge is -1.93. The molecule has 0 saturated heterocycles. The van der Waals surface area contributed by atoms with Crippen molar-refractivity contribution in [2.24, 2.45) is 0 Å². The molecule has 0 saturated carbocycles. The lowest BCUT2D eigenvalue weighted by molar-refractivity contribution is 0.656. The first-order chi connectivity index (χ1) is 3.91. The molecule has 0 bridgehead atoms. The van der Waals surface area contributed by atoms with E-state index in [2.05, 4.69) is 17.2 Å². The van der Waals surface area contributed by atoms with Gasteiger partial charge >= 0.3 is 0 Å². The summed E-state index contributed by atoms with van der Waals surface area (Å²) in [4.78, 5) is 0. The standard InChI is InChI=1S/C7H17Si/c1-2-3-4-5-6-7-8/h2-8H2,1H3. The van der Waals surface area contributed by atoms with Gasteiger partial charge in [0, 0.05) is 10.2 Å². The molecular formula is C7H17Si. The highest BCUT2D eigenvalue weighted by Gasteiger charge is 1.83. The van der Waals surface area contributed by atoms with E-state index < -0.39 is 0 Å². The molecule has 0 rings (SSSR count). The third kappa shape index (κ3) is 6.22. The smallest absolute Gasteiger partial charge is 0.00797 e. The minimum absolute atomic E-state index is 1.37. The summed E-state index contributed by atoms with van der Waals surface area (Å²) in [6.45, 7) is 2.26. The van der Waals surface area contributed by atoms with Gasteiger partial charge in [-0.05, 0) is 0 Å². The first-order valence-corrected chi connectivity index (χ1v) is 4.71. The van der Waals surface area contributed by atoms with Crippen molar-refractivity contribution in [2.45, 2.75) is 45.1 Å². The molecule has 0 aliphatic heterocycles. The van der Waals surface area contributed by atoms with E-state index in [9.17, 15) is 0 Å². The maximum absolute atomic E-state index is 2.26. The molecule has 0 amide bonds. The fourth-order valence-corrected chi connectivity index (χ4v) is 1.13. The Kier molecular flexibility index (Phi) is 7.41. The molecule has 0 atom stereocenters. The summed E-state index contributed by atoms with van der Waals surface area (Å²) >= 11 is 0. The fraction of sp³-hybridized carbons (Fsp3) is 1.00. The summed E-state index contributed by atoms with van der Waals surface area (Å²) in [5.74, 6) is 0. The summed E-state index contributed by atoms with van der Waals surface area (Å²) < 4.78 is 0. The van der Waals surface area contributed by atoms with Gasteiger partial charge in [-0.15, -0.1) is 0 Å². The largest absolute Gasteiger partial charge is 0.0654 e. The van der Waals surface area contributed by atoms with Crippen LogP contribution in [0.4, 0.5) is 0 Å². The Morgan fingerprint density at radius 2 is 1.62 bits per heavy atom. The average Bonchev–Trinajstić information content (AvgIpc) is 1.81. The van der Waals surface area contributed by atoms with Crippen LogP contribution in [-0.4, -0.2) is 10.2 Å². The number of rotatable bonds is 5. The van der Waals surface area contributed by atoms with Crippen LogP contribution in [0.1, 0.15) is 39.0 Å². The van der Waals surface area contributed by atoms with Crippen molar-refractivity contribution in [3.8, 4) is 0 Å². The van der Waals surface area contributed by atoms with E-state index >= 15 is 0 Å². The molecule has 0 heterocycles. The highest BCUT2D eigenvalue weighted by Crippen LogP contribution is 2.02. The minimum Gasteiger partial charge on any atom is -0.0654 e. The van der Waals surface area contributed by atoms with E-state index in [1.54, 1.807) is 0 Å². The summed E-state index contributed by atoms with van der Waals surface area (Å²) in [6.07, 6.45) is 7.15. The van der Waals surface area contributed by atoms with Crippen molar-refractivity contribution < 1.29 is 0 Å². The van der Waals surface area contributed by atoms with Crippen LogP contribution >= 0.6 is 0 Å². The van der Waals surface area contributed by atoms with E-state index in [0.717, 1.165) is 0 Å². The molecule has 0 fully saturated rings. The molecule has 49 valence electrons. The first-order valence-electron chi connectivity index (χ1n) is 3.71. The molecule has 8 heavy (non-hydrogen) atoms. The topological polar surface area (TPSA) is 0 Å². The minimum atomic E-state index is 1.37. The third-order valence-electron chi connectivity index (χ3n) is 1.35. The molecular weight excluding hydrogens is 112 g/mol. The van der Waals surface area contributed by atoms with Gasteiger partial charge in [0.1, 0.15) is 0 Å². The Morgan fingerprint density at radius 1 is 1.00 bits per heavy atom. The Balaban J connectivity index is 2.53. The van der Waals surface area contributed by atoms with Crippen LogP contribution in [0, 0.1) is 0 Å². The van der Waals surface area contributed by atoms with Gasteiger partial charge in [0.2, 0.25) is 0 Å². The quantitative estimate of drug-likeness (QED) is 0.393. The van der Waals surface area contributed by atoms with Crippen LogP contribution < -0.4 is 0 Å². The van der Waals surface area contributed by atoms with Crippen molar-refractivity contribution >= 4 is 10.2 Å². The van der Waals surface area contributed by atoms with Gasteiger partial charge in [-0.2, -0.15) is 0 Å². The summed E-state index contributed by atoms with van der Waals surface area (Å²) in [5.41, 5.74) is 0. The molecule has 1 radical (unpaired) electrons. The van der Waals surface area contributed by atoms with Crippen LogP contribution in [0.25, 0.3) is 0 Å². The Hall–Kier alpha value is 0.217. The Morgan fingerprint density at radius 3 is 2.12 bits per heavy atom. The van der Waals surface area contributed by atoms with Gasteiger partial charge < -0.3 is 0 Å². The maximum Gasteiger partial charge on any atom is 0.00797 e. The fourth-order valence-electron chi connectivity index (χ4n) is 0.780. The second-order valence-corrected chi connectivity index (χ2v) is 2.97. The number of hydrogen-bond donors (Lipinski definition) is 0. The SMILES string of the molecule is CCCCCCC[SiH2]. The Labute approximate surface area is 56.1 Å². The third-order valence-corrected chi connectivity index (χ3v) is 1.85. The lowest BCUT2D eigenvalue weighted by Crippen LogP contribution is -1.75. The van der Waals surface area contributed by atoms with E-state index in [0.29, 0.717) is 0 Å². The maximum atomic E-state index is 2.26. The summed E-state index contributed by atoms with van der Waals surface area (Å²) in [7, 11) is 2.09. The predicted molar refractivity (Wildman–Crippen MR) is 42.1 cm³/mol. The molecule has 0 aromatic rings. The molecule has 0 N–H and O–H groups in total. The molecule has 1 heteroatoms. The van der Waals surface area contributed by atoms with E-state index in [4.69, 9.17) is 0 Å². The highest BCUT2D eigenvalue weighted by atomic mass is 28.1. The Bertz CT molecular complexity index is 29.4. The summed E-state index contributed by atoms with van der Waals surface area (Å²) in [5, 5.41) is 0. The first kappa shape index (κ1) is 8.22. The zero-order valence-electron chi connectivity index (χ0n) is 5.95. The molecule has 0 aromatic heterocycles. The lowest BCUT2D eigenvalue weighted by atomic mass is 10.2. The second-order valence-electron chi connectivity index (χ2n) is 2.27. The van der Waals surface area contributed by atoms with Crippen LogP contribution in [0.15, 0.2) is 0 Å². The van der Waals surface area contributed by atoms with Crippen molar-refractivity contribution in [3.05, 3.63) is 0 Å². The van der Waals surface area contributed by atoms with Crippen LogP contribution in [0.5, 0.6) is 0 Å². The van der Waals surface area contributed by atoms with E-state index in [1.165, 1.54) is 38.1 Å². The van der Waals surface area contributed by atoms with Crippen LogP contribution in [-0.2, 0) is 0 Å². The van der Waals surface area contributed by atoms with Crippen molar-refractivity contribution in [1.82, 2.24) is 0 Å². The van der Waals surface area contributed by atoms with E-state index in [-0.39, 0.29) is 0 Å². The van der Waals surface area contributed by atoms with Gasteiger partial charge in [-0.25, -0.2) is 0 Å². The normalized spacial score (nSPS) is 9.75. The van der Waals surface area contributed by atoms with Gasteiger partial charge in [-0.3, -0.25) is 0 Å². The van der Waals surface area contributed by atoms with Gasteiger partial charge in [0.05, 0.1) is 0 Å². The second kappa shape index (κ2) is 7.22. The van der Waals surface area contributed by atoms with Crippen molar-refractivity contribution in [2.75, 3.05) is 0 Å². The zero-order chi connectivity index (χ0) is 6.24. The number of unbranched alkanes of at least 4 members (excludes halogenated alkanes) is 4. The molecule has 0 aliphatic rings. The summed E-state index contributed by atoms with van der Waals surface area (Å²) in [6, 6.07) is 1.39. The highest BCUT2D eigenvalue weighted by molar-refractivity contribution is 6.08. The van der Waals surface area contributed by atoms with Crippen LogP contribution in [0.3, 0.4) is 0 Å². The molecule has 0 unspecified atom stereocenters. The van der Waals surface area contributed by atoms with Crippen molar-refractivity contribution in [3.63, 3.8) is 0 Å². The van der Waals surface area contributed by atoms with Crippen molar-refractivity contribution in [1.29, 1.82) is 0 Å². The van der Waals surface area contributed by atoms with Gasteiger partial charge in [-0.1, -0.05) is 45.1 Å². The molecule has 0 spiro atoms. The van der Waals surface area contributed by atoms with Gasteiger partial charge in [0.25, 0.3) is 0 Å². The van der Waals surface area contributed by atoms with E-state index in [1.807, 2.05) is 0 Å². The van der Waals surface area contributed by atoms with Gasteiger partial charge in [0.15, 0.2) is 0 Å². The molecule has 0 aliphatic carbocycles. The van der Waals surface area contributed by atoms with Crippen LogP contribution in [0.2, 0.25) is 6.04 Å². The molecule has 0 aromatic carbocycles. The predicted octanol–water partition coefficient (Wildman–Crippen LogP) is 2.01. The number of hydrogen-bond acceptors (Lipinski definition) is 0. The average molecular weight is 129 g/mol. The monoisotopic (exact) mass is 129 g/mol. The zero-order valence-corrected chi connectivity index (χ0v) is 7.36.